The Morgan fingerprint density at radius 2 is 0.723 bits per heavy atom. The van der Waals surface area contributed by atoms with Crippen molar-refractivity contribution < 1.29 is 9.60 Å². The van der Waals surface area contributed by atoms with Crippen LogP contribution in [0.5, 0.6) is 0 Å². The summed E-state index contributed by atoms with van der Waals surface area (Å²) in [6, 6.07) is 118. The maximum atomic E-state index is 10.4. The zero-order chi connectivity index (χ0) is 81.2. The van der Waals surface area contributed by atoms with E-state index < -0.39 is 24.2 Å². The average Bonchev–Trinajstić information content (AvgIpc) is 1.60. The number of hydrogen-bond donors (Lipinski definition) is 0. The molecule has 19 aromatic rings. The van der Waals surface area contributed by atoms with Crippen LogP contribution in [0.2, 0.25) is 0 Å². The number of fused-ring (bicyclic) bond motifs is 13. The fraction of sp³-hybridized carbons (Fsp3) is 0.0741. The number of aromatic nitrogens is 1. The van der Waals surface area contributed by atoms with E-state index in [1.54, 1.807) is 4.57 Å². The van der Waals surface area contributed by atoms with E-state index in [1.807, 2.05) is 36.4 Å². The molecule has 18 aromatic carbocycles. The van der Waals surface area contributed by atoms with E-state index in [0.717, 1.165) is 150 Å². The Bertz CT molecular complexity index is 7480. The lowest BCUT2D eigenvalue weighted by Gasteiger charge is -2.46. The summed E-state index contributed by atoms with van der Waals surface area (Å²) in [5.74, 6) is 0. The monoisotopic (exact) mass is 1440 g/mol. The van der Waals surface area contributed by atoms with Crippen molar-refractivity contribution >= 4 is 122 Å². The summed E-state index contributed by atoms with van der Waals surface area (Å²) in [6.07, 6.45) is 0. The first-order valence-electron chi connectivity index (χ1n) is 42.3. The molecule has 21 rings (SSSR count). The van der Waals surface area contributed by atoms with E-state index in [9.17, 15) is 9.60 Å². The van der Waals surface area contributed by atoms with Crippen molar-refractivity contribution in [1.29, 1.82) is 0 Å². The van der Waals surface area contributed by atoms with Crippen LogP contribution in [0.25, 0.3) is 148 Å². The molecule has 1 aromatic heterocycles. The lowest BCUT2D eigenvalue weighted by molar-refractivity contribution is 0.590. The highest BCUT2D eigenvalue weighted by Gasteiger charge is 2.46. The van der Waals surface area contributed by atoms with Crippen molar-refractivity contribution in [2.45, 2.75) is 52.4 Å². The van der Waals surface area contributed by atoms with Gasteiger partial charge in [-0.15, -0.1) is 0 Å². The lowest BCUT2D eigenvalue weighted by atomic mass is 9.33. The summed E-state index contributed by atoms with van der Waals surface area (Å²) < 4.78 is 71.5. The van der Waals surface area contributed by atoms with Crippen molar-refractivity contribution in [1.82, 2.24) is 4.57 Å². The van der Waals surface area contributed by atoms with Gasteiger partial charge in [-0.3, -0.25) is 0 Å². The Morgan fingerprint density at radius 1 is 0.268 bits per heavy atom. The van der Waals surface area contributed by atoms with Crippen molar-refractivity contribution in [2.24, 2.45) is 0 Å². The number of anilines is 6. The maximum absolute atomic E-state index is 10.4. The third kappa shape index (κ3) is 11.0. The molecule has 3 nitrogen and oxygen atoms in total. The smallest absolute Gasteiger partial charge is 0.252 e. The first-order chi connectivity index (χ1) is 57.7. The Hall–Kier alpha value is -13.5. The highest BCUT2D eigenvalue weighted by atomic mass is 15.2. The van der Waals surface area contributed by atoms with Crippen LogP contribution in [-0.4, -0.2) is 11.3 Å². The van der Waals surface area contributed by atoms with Crippen LogP contribution in [0, 0.1) is 0 Å². The number of benzene rings is 18. The molecule has 0 radical (unpaired) electrons. The second-order valence-electron chi connectivity index (χ2n) is 32.2. The van der Waals surface area contributed by atoms with Crippen LogP contribution >= 0.6 is 0 Å². The number of rotatable bonds is 10. The summed E-state index contributed by atoms with van der Waals surface area (Å²) in [5.41, 5.74) is 24.0. The standard InChI is InChI=1S/C108H80BN3/c1-107(2,3)83-64-93(72-33-17-10-18-34-72)106(94(65-83)82-50-55-89-80(61-82)48-46-74-36-20-22-40-87(74)89)112-101-68-85(110-98-44-24-23-41-92(98)95-62-77(51-57-99(95)110)70-29-13-8-14-30-70)53-56-96(101)109-97-63-78(76-38-25-37-75(59-76)69-27-11-7-12-28-69)52-58-100(97)111(102-66-84(108(4,5)6)67-103(112)104(102)109)105-90(71-31-15-9-16-32-71)42-26-43-91(105)81-49-54-88-79(60-81)47-45-73-35-19-21-39-86(73)88/h7-68H,1-6H3/i23D,24D,41D,44D,51D,57D,62D. The van der Waals surface area contributed by atoms with E-state index in [4.69, 9.17) is 0 Å². The SMILES string of the molecule is [2H]c1c([2H])c([2H])c2c(c1[2H])c1c([2H])c(-c3ccccc3)c([2H])c([2H])c1n2-c1ccc2c(c1)N(c1c(-c3ccccc3)cc(C(C)(C)C)cc1-c1ccc3c(ccc4ccccc43)c1)c1cc(C(C)(C)C)cc3c1B2c1cc(-c2cccc(-c4ccccc4)c2)ccc1N3c1c(-c2ccccc2)cccc1-c1ccc2c(ccc3ccccc32)c1. The average molecular weight is 1440 g/mol. The summed E-state index contributed by atoms with van der Waals surface area (Å²) in [6.45, 7) is 13.3. The lowest BCUT2D eigenvalue weighted by Crippen LogP contribution is -2.61. The summed E-state index contributed by atoms with van der Waals surface area (Å²) in [4.78, 5) is 5.12. The van der Waals surface area contributed by atoms with E-state index in [0.29, 0.717) is 11.3 Å². The molecule has 3 heterocycles. The molecule has 530 valence electrons. The normalized spacial score (nSPS) is 13.6. The minimum absolute atomic E-state index is 0.101. The van der Waals surface area contributed by atoms with Gasteiger partial charge in [0.2, 0.25) is 0 Å². The van der Waals surface area contributed by atoms with Crippen LogP contribution in [0.15, 0.2) is 376 Å². The van der Waals surface area contributed by atoms with Gasteiger partial charge in [0.25, 0.3) is 6.71 Å². The first kappa shape index (κ1) is 59.4. The number of nitrogens with zero attached hydrogens (tertiary/aromatic N) is 3. The van der Waals surface area contributed by atoms with Crippen LogP contribution in [0.3, 0.4) is 0 Å². The fourth-order valence-electron chi connectivity index (χ4n) is 17.8. The van der Waals surface area contributed by atoms with E-state index in [-0.39, 0.29) is 63.0 Å². The van der Waals surface area contributed by atoms with Crippen molar-refractivity contribution in [3.63, 3.8) is 0 Å². The molecule has 4 heteroatoms. The van der Waals surface area contributed by atoms with Crippen molar-refractivity contribution in [3.05, 3.63) is 387 Å². The van der Waals surface area contributed by atoms with Gasteiger partial charge >= 0.3 is 0 Å². The van der Waals surface area contributed by atoms with Gasteiger partial charge in [0.1, 0.15) is 0 Å². The molecule has 0 N–H and O–H groups in total. The Kier molecular flexibility index (Phi) is 13.8. The predicted octanol–water partition coefficient (Wildman–Crippen LogP) is 27.7. The molecule has 0 fully saturated rings. The van der Waals surface area contributed by atoms with E-state index in [1.165, 1.54) is 21.5 Å². The van der Waals surface area contributed by atoms with Crippen molar-refractivity contribution in [2.75, 3.05) is 9.80 Å². The molecule has 0 atom stereocenters. The summed E-state index contributed by atoms with van der Waals surface area (Å²) in [7, 11) is 0. The highest BCUT2D eigenvalue weighted by molar-refractivity contribution is 7.00. The molecular formula is C108H80BN3. The second-order valence-corrected chi connectivity index (χ2v) is 32.2. The van der Waals surface area contributed by atoms with Crippen molar-refractivity contribution in [3.8, 4) is 83.6 Å². The molecule has 2 aliphatic heterocycles. The summed E-state index contributed by atoms with van der Waals surface area (Å²) >= 11 is 0. The van der Waals surface area contributed by atoms with Gasteiger partial charge in [0.05, 0.1) is 32.0 Å². The molecule has 0 unspecified atom stereocenters. The quantitative estimate of drug-likeness (QED) is 0.0999. The zero-order valence-corrected chi connectivity index (χ0v) is 63.2. The molecule has 0 amide bonds. The Labute approximate surface area is 665 Å². The van der Waals surface area contributed by atoms with Gasteiger partial charge < -0.3 is 14.4 Å². The van der Waals surface area contributed by atoms with Gasteiger partial charge in [0.15, 0.2) is 0 Å². The second kappa shape index (κ2) is 26.1. The van der Waals surface area contributed by atoms with Crippen LogP contribution in [0.1, 0.15) is 62.3 Å². The van der Waals surface area contributed by atoms with Crippen LogP contribution < -0.4 is 26.2 Å². The Morgan fingerprint density at radius 3 is 1.35 bits per heavy atom. The molecule has 0 aliphatic carbocycles. The zero-order valence-electron chi connectivity index (χ0n) is 70.2. The van der Waals surface area contributed by atoms with Crippen LogP contribution in [0.4, 0.5) is 34.1 Å². The number of hydrogen-bond acceptors (Lipinski definition) is 2. The van der Waals surface area contributed by atoms with Gasteiger partial charge in [-0.2, -0.15) is 0 Å². The fourth-order valence-corrected chi connectivity index (χ4v) is 17.8. The third-order valence-electron chi connectivity index (χ3n) is 23.4. The minimum Gasteiger partial charge on any atom is -0.310 e. The molecule has 112 heavy (non-hydrogen) atoms. The minimum atomic E-state index is -0.513. The third-order valence-corrected chi connectivity index (χ3v) is 23.4. The molecule has 0 saturated carbocycles. The topological polar surface area (TPSA) is 11.4 Å². The van der Waals surface area contributed by atoms with Gasteiger partial charge in [-0.1, -0.05) is 339 Å². The van der Waals surface area contributed by atoms with E-state index >= 15 is 0 Å². The van der Waals surface area contributed by atoms with Gasteiger partial charge in [0, 0.05) is 61.5 Å². The first-order valence-corrected chi connectivity index (χ1v) is 38.8. The summed E-state index contributed by atoms with van der Waals surface area (Å²) in [5, 5.41) is 9.53. The maximum Gasteiger partial charge on any atom is 0.252 e. The molecule has 0 spiro atoms. The predicted molar refractivity (Wildman–Crippen MR) is 480 cm³/mol. The number of para-hydroxylation sites is 2. The molecular weight excluding hydrogens is 1350 g/mol. The van der Waals surface area contributed by atoms with Gasteiger partial charge in [-0.05, 0) is 216 Å². The van der Waals surface area contributed by atoms with E-state index in [2.05, 4.69) is 349 Å². The van der Waals surface area contributed by atoms with Gasteiger partial charge in [-0.25, -0.2) is 0 Å². The molecule has 0 bridgehead atoms. The molecule has 2 aliphatic rings. The van der Waals surface area contributed by atoms with Crippen LogP contribution in [-0.2, 0) is 10.8 Å². The largest absolute Gasteiger partial charge is 0.310 e. The Balaban J connectivity index is 0.939. The highest BCUT2D eigenvalue weighted by Crippen LogP contribution is 2.56. The molecule has 0 saturated heterocycles.